The van der Waals surface area contributed by atoms with Gasteiger partial charge in [-0.2, -0.15) is 0 Å². The number of ether oxygens (including phenoxy) is 3. The Morgan fingerprint density at radius 2 is 1.90 bits per heavy atom. The lowest BCUT2D eigenvalue weighted by molar-refractivity contribution is 0.0323. The van der Waals surface area contributed by atoms with Gasteiger partial charge < -0.3 is 19.2 Å². The van der Waals surface area contributed by atoms with Gasteiger partial charge in [-0.1, -0.05) is 37.3 Å². The highest BCUT2D eigenvalue weighted by Crippen LogP contribution is 2.33. The lowest BCUT2D eigenvalue weighted by Crippen LogP contribution is -2.17. The predicted octanol–water partition coefficient (Wildman–Crippen LogP) is 5.40. The molecule has 0 aliphatic rings. The molecular formula is C25H26N2O4. The fourth-order valence-electron chi connectivity index (χ4n) is 3.55. The minimum atomic E-state index is -0.436. The molecular weight excluding hydrogens is 392 g/mol. The van der Waals surface area contributed by atoms with Crippen molar-refractivity contribution in [2.45, 2.75) is 39.6 Å². The van der Waals surface area contributed by atoms with E-state index in [1.807, 2.05) is 62.4 Å². The molecule has 0 saturated heterocycles. The third-order valence-electron chi connectivity index (χ3n) is 5.32. The van der Waals surface area contributed by atoms with Gasteiger partial charge in [0.15, 0.2) is 5.69 Å². The summed E-state index contributed by atoms with van der Waals surface area (Å²) in [4.78, 5) is 20.5. The Labute approximate surface area is 181 Å². The van der Waals surface area contributed by atoms with E-state index in [4.69, 9.17) is 14.2 Å². The van der Waals surface area contributed by atoms with Crippen molar-refractivity contribution in [3.05, 3.63) is 71.5 Å². The maximum atomic E-state index is 12.8. The third-order valence-corrected chi connectivity index (χ3v) is 5.32. The van der Waals surface area contributed by atoms with Crippen LogP contribution in [0.3, 0.4) is 0 Å². The normalized spacial score (nSPS) is 12.2. The van der Waals surface area contributed by atoms with E-state index in [2.05, 4.69) is 9.97 Å². The zero-order chi connectivity index (χ0) is 21.8. The summed E-state index contributed by atoms with van der Waals surface area (Å²) >= 11 is 0. The molecule has 31 heavy (non-hydrogen) atoms. The van der Waals surface area contributed by atoms with E-state index in [-0.39, 0.29) is 18.4 Å². The lowest BCUT2D eigenvalue weighted by Gasteiger charge is -2.13. The first-order chi connectivity index (χ1) is 15.1. The standard InChI is InChI=1S/C25H26N2O4/c1-4-16(2)31-25(28)24-20(15-29-3)23-19-12-18(30-14-17-8-6-5-7-9-17)10-11-21(19)27-22(23)13-26-24/h5-13,16,27H,4,14-15H2,1-3H3. The minimum Gasteiger partial charge on any atom is -0.489 e. The number of hydrogen-bond donors (Lipinski definition) is 1. The largest absolute Gasteiger partial charge is 0.489 e. The van der Waals surface area contributed by atoms with E-state index >= 15 is 0 Å². The second-order valence-electron chi connectivity index (χ2n) is 7.54. The van der Waals surface area contributed by atoms with Gasteiger partial charge in [-0.25, -0.2) is 9.78 Å². The van der Waals surface area contributed by atoms with Gasteiger partial charge in [0.05, 0.1) is 24.4 Å². The van der Waals surface area contributed by atoms with E-state index in [0.29, 0.717) is 12.2 Å². The summed E-state index contributed by atoms with van der Waals surface area (Å²) in [6.45, 7) is 4.57. The molecule has 4 rings (SSSR count). The number of aromatic amines is 1. The van der Waals surface area contributed by atoms with E-state index in [0.717, 1.165) is 39.5 Å². The fourth-order valence-corrected chi connectivity index (χ4v) is 3.55. The number of nitrogens with zero attached hydrogens (tertiary/aromatic N) is 1. The van der Waals surface area contributed by atoms with Crippen LogP contribution in [0.15, 0.2) is 54.7 Å². The zero-order valence-electron chi connectivity index (χ0n) is 18.0. The summed E-state index contributed by atoms with van der Waals surface area (Å²) in [5.74, 6) is 0.315. The first-order valence-electron chi connectivity index (χ1n) is 10.4. The molecule has 2 aromatic carbocycles. The van der Waals surface area contributed by atoms with E-state index in [1.165, 1.54) is 0 Å². The smallest absolute Gasteiger partial charge is 0.357 e. The number of fused-ring (bicyclic) bond motifs is 3. The summed E-state index contributed by atoms with van der Waals surface area (Å²) in [5, 5.41) is 1.85. The highest BCUT2D eigenvalue weighted by molar-refractivity contribution is 6.11. The molecule has 1 atom stereocenters. The van der Waals surface area contributed by atoms with E-state index in [1.54, 1.807) is 13.3 Å². The molecule has 6 nitrogen and oxygen atoms in total. The number of carbonyl (C=O) groups excluding carboxylic acids is 1. The molecule has 0 aliphatic heterocycles. The maximum Gasteiger partial charge on any atom is 0.357 e. The number of nitrogens with one attached hydrogen (secondary N) is 1. The summed E-state index contributed by atoms with van der Waals surface area (Å²) < 4.78 is 17.0. The molecule has 6 heteroatoms. The zero-order valence-corrected chi connectivity index (χ0v) is 18.0. The number of hydrogen-bond acceptors (Lipinski definition) is 5. The van der Waals surface area contributed by atoms with Gasteiger partial charge in [-0.05, 0) is 37.1 Å². The highest BCUT2D eigenvalue weighted by atomic mass is 16.5. The van der Waals surface area contributed by atoms with Gasteiger partial charge in [0.1, 0.15) is 12.4 Å². The second-order valence-corrected chi connectivity index (χ2v) is 7.54. The Bertz CT molecular complexity index is 1200. The topological polar surface area (TPSA) is 73.4 Å². The van der Waals surface area contributed by atoms with Crippen LogP contribution in [-0.4, -0.2) is 29.2 Å². The Morgan fingerprint density at radius 1 is 1.10 bits per heavy atom. The van der Waals surface area contributed by atoms with Gasteiger partial charge in [0.25, 0.3) is 0 Å². The summed E-state index contributed by atoms with van der Waals surface area (Å²) in [7, 11) is 1.60. The Balaban J connectivity index is 1.75. The van der Waals surface area contributed by atoms with Crippen molar-refractivity contribution >= 4 is 27.8 Å². The third kappa shape index (κ3) is 4.39. The molecule has 0 spiro atoms. The van der Waals surface area contributed by atoms with Crippen LogP contribution >= 0.6 is 0 Å². The first kappa shape index (κ1) is 20.9. The van der Waals surface area contributed by atoms with Crippen molar-refractivity contribution in [3.8, 4) is 5.75 Å². The molecule has 1 unspecified atom stereocenters. The summed E-state index contributed by atoms with van der Waals surface area (Å²) in [6.07, 6.45) is 2.23. The van der Waals surface area contributed by atoms with Crippen LogP contribution in [0.4, 0.5) is 0 Å². The van der Waals surface area contributed by atoms with Crippen molar-refractivity contribution in [2.24, 2.45) is 0 Å². The van der Waals surface area contributed by atoms with Gasteiger partial charge >= 0.3 is 5.97 Å². The molecule has 0 saturated carbocycles. The van der Waals surface area contributed by atoms with Crippen LogP contribution in [0.5, 0.6) is 5.75 Å². The van der Waals surface area contributed by atoms with Crippen LogP contribution in [0, 0.1) is 0 Å². The number of benzene rings is 2. The van der Waals surface area contributed by atoms with Crippen molar-refractivity contribution in [1.82, 2.24) is 9.97 Å². The van der Waals surface area contributed by atoms with Crippen LogP contribution < -0.4 is 4.74 Å². The average molecular weight is 418 g/mol. The van der Waals surface area contributed by atoms with E-state index in [9.17, 15) is 4.79 Å². The molecule has 160 valence electrons. The average Bonchev–Trinajstić information content (AvgIpc) is 3.16. The Morgan fingerprint density at radius 3 is 2.65 bits per heavy atom. The first-order valence-corrected chi connectivity index (χ1v) is 10.4. The van der Waals surface area contributed by atoms with E-state index < -0.39 is 5.97 Å². The quantitative estimate of drug-likeness (QED) is 0.388. The van der Waals surface area contributed by atoms with Crippen LogP contribution in [0.1, 0.15) is 41.9 Å². The Kier molecular flexibility index (Phi) is 6.18. The van der Waals surface area contributed by atoms with Gasteiger partial charge in [0.2, 0.25) is 0 Å². The van der Waals surface area contributed by atoms with Gasteiger partial charge in [-0.3, -0.25) is 0 Å². The molecule has 4 aromatic rings. The molecule has 1 N–H and O–H groups in total. The molecule has 0 amide bonds. The van der Waals surface area contributed by atoms with Crippen LogP contribution in [0.25, 0.3) is 21.8 Å². The minimum absolute atomic E-state index is 0.179. The number of H-pyrrole nitrogens is 1. The monoisotopic (exact) mass is 418 g/mol. The molecule has 0 radical (unpaired) electrons. The SMILES string of the molecule is CCC(C)OC(=O)c1ncc2[nH]c3ccc(OCc4ccccc4)cc3c2c1COC. The molecule has 0 fully saturated rings. The predicted molar refractivity (Wildman–Crippen MR) is 120 cm³/mol. The van der Waals surface area contributed by atoms with Crippen molar-refractivity contribution in [3.63, 3.8) is 0 Å². The lowest BCUT2D eigenvalue weighted by atomic mass is 10.1. The van der Waals surface area contributed by atoms with Gasteiger partial charge in [0, 0.05) is 29.0 Å². The fraction of sp³-hybridized carbons (Fsp3) is 0.280. The molecule has 0 aliphatic carbocycles. The van der Waals surface area contributed by atoms with Crippen LogP contribution in [0.2, 0.25) is 0 Å². The second kappa shape index (κ2) is 9.18. The maximum absolute atomic E-state index is 12.8. The number of methoxy groups -OCH3 is 1. The summed E-state index contributed by atoms with van der Waals surface area (Å²) in [5.41, 5.74) is 3.86. The summed E-state index contributed by atoms with van der Waals surface area (Å²) in [6, 6.07) is 15.9. The van der Waals surface area contributed by atoms with Crippen molar-refractivity contribution < 1.29 is 19.0 Å². The highest BCUT2D eigenvalue weighted by Gasteiger charge is 2.22. The molecule has 2 aromatic heterocycles. The van der Waals surface area contributed by atoms with Crippen molar-refractivity contribution in [1.29, 1.82) is 0 Å². The molecule has 0 bridgehead atoms. The molecule has 2 heterocycles. The van der Waals surface area contributed by atoms with Gasteiger partial charge in [-0.15, -0.1) is 0 Å². The van der Waals surface area contributed by atoms with Crippen LogP contribution in [-0.2, 0) is 22.7 Å². The number of rotatable bonds is 8. The number of aromatic nitrogens is 2. The number of pyridine rings is 1. The number of esters is 1. The number of carbonyl (C=O) groups is 1. The van der Waals surface area contributed by atoms with Crippen molar-refractivity contribution in [2.75, 3.05) is 7.11 Å². The Hall–Kier alpha value is -3.38.